The molecule has 7 nitrogen and oxygen atoms in total. The van der Waals surface area contributed by atoms with E-state index in [1.165, 1.54) is 6.07 Å². The van der Waals surface area contributed by atoms with Crippen molar-refractivity contribution in [3.8, 4) is 11.1 Å². The van der Waals surface area contributed by atoms with Crippen LogP contribution in [0, 0.1) is 12.8 Å². The van der Waals surface area contributed by atoms with E-state index in [0.717, 1.165) is 34.5 Å². The van der Waals surface area contributed by atoms with E-state index in [9.17, 15) is 22.8 Å². The van der Waals surface area contributed by atoms with Gasteiger partial charge in [-0.3, -0.25) is 19.5 Å². The third-order valence-corrected chi connectivity index (χ3v) is 7.56. The second kappa shape index (κ2) is 9.50. The van der Waals surface area contributed by atoms with Crippen molar-refractivity contribution in [2.45, 2.75) is 38.8 Å². The Morgan fingerprint density at radius 1 is 1.21 bits per heavy atom. The minimum atomic E-state index is -4.65. The summed E-state index contributed by atoms with van der Waals surface area (Å²) in [6.45, 7) is 7.35. The first-order valence-electron chi connectivity index (χ1n) is 12.4. The number of aromatic nitrogens is 2. The zero-order chi connectivity index (χ0) is 27.2. The molecule has 0 unspecified atom stereocenters. The predicted octanol–water partition coefficient (Wildman–Crippen LogP) is 5.38. The third kappa shape index (κ3) is 4.42. The Bertz CT molecular complexity index is 1420. The van der Waals surface area contributed by atoms with Crippen LogP contribution in [0.15, 0.2) is 48.8 Å². The van der Waals surface area contributed by atoms with Gasteiger partial charge in [-0.15, -0.1) is 0 Å². The summed E-state index contributed by atoms with van der Waals surface area (Å²) in [4.78, 5) is 35.7. The summed E-state index contributed by atoms with van der Waals surface area (Å²) < 4.78 is 44.8. The molecule has 2 amide bonds. The Morgan fingerprint density at radius 3 is 2.74 bits per heavy atom. The molecule has 1 aromatic carbocycles. The molecule has 2 atom stereocenters. The number of amides is 2. The highest BCUT2D eigenvalue weighted by atomic mass is 19.4. The summed E-state index contributed by atoms with van der Waals surface area (Å²) in [6, 6.07) is 9.32. The minimum absolute atomic E-state index is 0.0214. The number of carbonyl (C=O) groups excluding carboxylic acids is 2. The van der Waals surface area contributed by atoms with Gasteiger partial charge >= 0.3 is 6.18 Å². The topological polar surface area (TPSA) is 84.4 Å². The number of halogens is 3. The van der Waals surface area contributed by atoms with Crippen molar-refractivity contribution in [2.75, 3.05) is 30.0 Å². The van der Waals surface area contributed by atoms with E-state index in [2.05, 4.69) is 23.3 Å². The zero-order valence-corrected chi connectivity index (χ0v) is 21.2. The monoisotopic (exact) mass is 524 g/mol. The number of alkyl halides is 3. The first kappa shape index (κ1) is 25.8. The molecule has 0 saturated carbocycles. The second-order valence-corrected chi connectivity index (χ2v) is 9.88. The fraction of sp³-hybridized carbons (Fsp3) is 0.357. The summed E-state index contributed by atoms with van der Waals surface area (Å²) in [7, 11) is 0. The smallest absolute Gasteiger partial charge is 0.381 e. The number of anilines is 2. The van der Waals surface area contributed by atoms with Crippen LogP contribution in [-0.4, -0.2) is 41.5 Å². The Kier molecular flexibility index (Phi) is 6.46. The minimum Gasteiger partial charge on any atom is -0.381 e. The number of nitrogens with zero attached hydrogens (tertiary/aromatic N) is 3. The molecule has 198 valence electrons. The molecule has 4 heterocycles. The number of carbonyl (C=O) groups is 2. The van der Waals surface area contributed by atoms with Crippen LogP contribution in [0.4, 0.5) is 24.7 Å². The van der Waals surface area contributed by atoms with Crippen molar-refractivity contribution >= 4 is 23.3 Å². The standard InChI is InChI=1S/C28H27F3N4O3/c1-4-35-24-21(27(3)8-10-38-15-22(27)26(35)37)11-18(14-33-24)20-13-19(6-5-16(20)2)34-25(36)17-7-9-32-23(12-17)28(29,30)31/h5-7,9,11-14,22H,4,8,10,15H2,1-3H3,(H,34,36)/t22-,27-/m0/s1. The number of pyridine rings is 2. The highest BCUT2D eigenvalue weighted by molar-refractivity contribution is 6.04. The van der Waals surface area contributed by atoms with Gasteiger partial charge in [0.2, 0.25) is 5.91 Å². The Labute approximate surface area is 218 Å². The Hall–Kier alpha value is -3.79. The van der Waals surface area contributed by atoms with Gasteiger partial charge < -0.3 is 10.1 Å². The van der Waals surface area contributed by atoms with Crippen LogP contribution in [-0.2, 0) is 21.1 Å². The number of fused-ring (bicyclic) bond motifs is 3. The maximum atomic E-state index is 13.2. The van der Waals surface area contributed by atoms with Crippen molar-refractivity contribution in [3.63, 3.8) is 0 Å². The summed E-state index contributed by atoms with van der Waals surface area (Å²) in [5.74, 6) is -0.296. The number of rotatable bonds is 4. The highest BCUT2D eigenvalue weighted by Gasteiger charge is 2.50. The van der Waals surface area contributed by atoms with Crippen molar-refractivity contribution in [2.24, 2.45) is 5.92 Å². The van der Waals surface area contributed by atoms with Crippen LogP contribution in [0.3, 0.4) is 0 Å². The molecule has 2 aromatic heterocycles. The van der Waals surface area contributed by atoms with Gasteiger partial charge in [-0.2, -0.15) is 13.2 Å². The van der Waals surface area contributed by atoms with Crippen molar-refractivity contribution in [1.29, 1.82) is 0 Å². The summed E-state index contributed by atoms with van der Waals surface area (Å²) in [5.41, 5.74) is 2.28. The number of aryl methyl sites for hydroxylation is 1. The molecule has 0 aliphatic carbocycles. The van der Waals surface area contributed by atoms with Crippen molar-refractivity contribution in [3.05, 3.63) is 71.2 Å². The molecule has 10 heteroatoms. The molecule has 1 saturated heterocycles. The molecule has 1 N–H and O–H groups in total. The molecular weight excluding hydrogens is 497 g/mol. The number of benzene rings is 1. The molecule has 5 rings (SSSR count). The van der Waals surface area contributed by atoms with E-state index in [1.807, 2.05) is 19.9 Å². The first-order valence-corrected chi connectivity index (χ1v) is 12.4. The molecule has 0 bridgehead atoms. The summed E-state index contributed by atoms with van der Waals surface area (Å²) >= 11 is 0. The predicted molar refractivity (Wildman–Crippen MR) is 136 cm³/mol. The summed E-state index contributed by atoms with van der Waals surface area (Å²) in [5, 5.41) is 2.69. The third-order valence-electron chi connectivity index (χ3n) is 7.56. The van der Waals surface area contributed by atoms with E-state index in [4.69, 9.17) is 9.72 Å². The molecular formula is C28H27F3N4O3. The lowest BCUT2D eigenvalue weighted by molar-refractivity contribution is -0.141. The van der Waals surface area contributed by atoms with Crippen molar-refractivity contribution in [1.82, 2.24) is 9.97 Å². The number of nitrogens with one attached hydrogen (secondary N) is 1. The van der Waals surface area contributed by atoms with E-state index < -0.39 is 23.2 Å². The van der Waals surface area contributed by atoms with Gasteiger partial charge in [0, 0.05) is 53.3 Å². The first-order chi connectivity index (χ1) is 18.0. The van der Waals surface area contributed by atoms with Gasteiger partial charge in [0.15, 0.2) is 0 Å². The van der Waals surface area contributed by atoms with Gasteiger partial charge in [-0.25, -0.2) is 4.98 Å². The van der Waals surface area contributed by atoms with E-state index in [1.54, 1.807) is 23.2 Å². The molecule has 38 heavy (non-hydrogen) atoms. The normalized spacial score (nSPS) is 21.1. The molecule has 0 spiro atoms. The fourth-order valence-corrected chi connectivity index (χ4v) is 5.29. The average molecular weight is 525 g/mol. The van der Waals surface area contributed by atoms with E-state index in [-0.39, 0.29) is 17.4 Å². The van der Waals surface area contributed by atoms with Gasteiger partial charge in [-0.05, 0) is 61.7 Å². The Morgan fingerprint density at radius 2 is 2.00 bits per heavy atom. The SMILES string of the molecule is CCN1C(=O)[C@@H]2COCC[C@@]2(C)c2cc(-c3cc(NC(=O)c4ccnc(C(F)(F)F)c4)ccc3C)cnc21. The number of hydrogen-bond acceptors (Lipinski definition) is 5. The van der Waals surface area contributed by atoms with Gasteiger partial charge in [0.05, 0.1) is 12.5 Å². The molecule has 1 fully saturated rings. The van der Waals surface area contributed by atoms with Crippen LogP contribution in [0.5, 0.6) is 0 Å². The van der Waals surface area contributed by atoms with Gasteiger partial charge in [0.1, 0.15) is 11.5 Å². The van der Waals surface area contributed by atoms with Gasteiger partial charge in [-0.1, -0.05) is 13.0 Å². The maximum Gasteiger partial charge on any atom is 0.433 e. The van der Waals surface area contributed by atoms with E-state index in [0.29, 0.717) is 37.7 Å². The second-order valence-electron chi connectivity index (χ2n) is 9.88. The molecule has 2 aliphatic heterocycles. The lowest BCUT2D eigenvalue weighted by Gasteiger charge is -2.47. The van der Waals surface area contributed by atoms with Gasteiger partial charge in [0.25, 0.3) is 5.91 Å². The van der Waals surface area contributed by atoms with Crippen LogP contribution in [0.2, 0.25) is 0 Å². The largest absolute Gasteiger partial charge is 0.433 e. The number of ether oxygens (including phenoxy) is 1. The quantitative estimate of drug-likeness (QED) is 0.495. The van der Waals surface area contributed by atoms with Crippen molar-refractivity contribution < 1.29 is 27.5 Å². The van der Waals surface area contributed by atoms with Crippen LogP contribution in [0.25, 0.3) is 11.1 Å². The number of hydrogen-bond donors (Lipinski definition) is 1. The highest BCUT2D eigenvalue weighted by Crippen LogP contribution is 2.48. The van der Waals surface area contributed by atoms with Crippen LogP contribution < -0.4 is 10.2 Å². The lowest BCUT2D eigenvalue weighted by atomic mass is 9.66. The zero-order valence-electron chi connectivity index (χ0n) is 21.2. The van der Waals surface area contributed by atoms with Crippen LogP contribution >= 0.6 is 0 Å². The fourth-order valence-electron chi connectivity index (χ4n) is 5.29. The average Bonchev–Trinajstić information content (AvgIpc) is 2.89. The molecule has 3 aromatic rings. The lowest BCUT2D eigenvalue weighted by Crippen LogP contribution is -2.55. The maximum absolute atomic E-state index is 13.2. The van der Waals surface area contributed by atoms with Crippen LogP contribution in [0.1, 0.15) is 47.4 Å². The summed E-state index contributed by atoms with van der Waals surface area (Å²) in [6.07, 6.45) is -1.28. The Balaban J connectivity index is 1.50. The van der Waals surface area contributed by atoms with E-state index >= 15 is 0 Å². The molecule has 2 aliphatic rings. The molecule has 0 radical (unpaired) electrons.